The Balaban J connectivity index is 0.000000299. The van der Waals surface area contributed by atoms with Gasteiger partial charge in [-0.2, -0.15) is 3.74 Å². The van der Waals surface area contributed by atoms with Crippen LogP contribution >= 0.6 is 70.3 Å². The standard InChI is InChI=1S/C10H9N.C9H8N2.C7H3BrClF3O3S.C7H5BrF3NO3S.C7H4BrF3O.ClHO3S/c1-8-6-9-4-2-3-5-10(9)11-7-8;10-8-5-7-3-1-2-4-9(7)11-6-8;8-4-1-2-5(15-7(10,11)12)6(3-4)16(9,13)14;8-4-1-2-5(15-7(9,10)11)6(3-4)16(12,13)14;8-5-1-3-6(4-2-5)12-7(9,10)11;1-4-5(2)3/h2-7H,1H3;1-6H,10H2;1-3H;1-3H,(H2,12,13,14);1-4H;(H,2,3)/p-1. The van der Waals surface area contributed by atoms with Crippen molar-refractivity contribution in [2.75, 3.05) is 5.73 Å². The van der Waals surface area contributed by atoms with Crippen molar-refractivity contribution in [1.82, 2.24) is 9.97 Å². The average Bonchev–Trinajstić information content (AvgIpc) is 3.24. The van der Waals surface area contributed by atoms with Gasteiger partial charge in [-0.15, -0.1) is 39.5 Å². The van der Waals surface area contributed by atoms with E-state index in [0.717, 1.165) is 40.7 Å². The van der Waals surface area contributed by atoms with Crippen LogP contribution in [0.2, 0.25) is 0 Å². The van der Waals surface area contributed by atoms with E-state index in [1.165, 1.54) is 47.3 Å². The molecule has 14 nitrogen and oxygen atoms in total. The van der Waals surface area contributed by atoms with Gasteiger partial charge in [-0.3, -0.25) is 9.97 Å². The van der Waals surface area contributed by atoms with Gasteiger partial charge in [0, 0.05) is 41.1 Å². The van der Waals surface area contributed by atoms with Crippen molar-refractivity contribution in [3.63, 3.8) is 0 Å². The number of rotatable bonds is 6. The third-order valence-electron chi connectivity index (χ3n) is 7.27. The lowest BCUT2D eigenvalue weighted by atomic mass is 10.2. The number of sulfonamides is 1. The van der Waals surface area contributed by atoms with Crippen molar-refractivity contribution in [2.45, 2.75) is 35.8 Å². The molecule has 0 amide bonds. The molecule has 0 saturated carbocycles. The number of fused-ring (bicyclic) bond motifs is 2. The fourth-order valence-electron chi connectivity index (χ4n) is 4.70. The predicted octanol–water partition coefficient (Wildman–Crippen LogP) is 12.9. The van der Waals surface area contributed by atoms with E-state index in [-0.39, 0.29) is 14.7 Å². The fraction of sp³-hybridized carbons (Fsp3) is 0.100. The lowest BCUT2D eigenvalue weighted by Crippen LogP contribution is -2.21. The monoisotopic (exact) mass is 1300 g/mol. The molecule has 2 aromatic heterocycles. The normalized spacial score (nSPS) is 11.8. The molecular weight excluding hydrogens is 1270 g/mol. The minimum absolute atomic E-state index is 0.217. The molecule has 7 aromatic rings. The number of primary sulfonamides is 1. The predicted molar refractivity (Wildman–Crippen MR) is 255 cm³/mol. The Labute approximate surface area is 434 Å². The smallest absolute Gasteiger partial charge is 0.573 e. The van der Waals surface area contributed by atoms with Crippen LogP contribution in [0.3, 0.4) is 0 Å². The lowest BCUT2D eigenvalue weighted by molar-refractivity contribution is -0.276. The summed E-state index contributed by atoms with van der Waals surface area (Å²) in [6.45, 7) is 2.06. The summed E-state index contributed by atoms with van der Waals surface area (Å²) in [5.41, 5.74) is 9.54. The zero-order valence-electron chi connectivity index (χ0n) is 34.8. The van der Waals surface area contributed by atoms with Crippen molar-refractivity contribution in [3.05, 3.63) is 153 Å². The van der Waals surface area contributed by atoms with Crippen molar-refractivity contribution < 1.29 is 83.1 Å². The van der Waals surface area contributed by atoms with Crippen LogP contribution < -0.4 is 25.1 Å². The first-order valence-electron chi connectivity index (χ1n) is 18.0. The molecule has 1 unspecified atom stereocenters. The fourth-order valence-corrected chi connectivity index (χ4v) is 7.65. The van der Waals surface area contributed by atoms with Gasteiger partial charge < -0.3 is 24.5 Å². The van der Waals surface area contributed by atoms with Gasteiger partial charge in [-0.25, -0.2) is 26.2 Å². The highest BCUT2D eigenvalue weighted by Gasteiger charge is 2.35. The highest BCUT2D eigenvalue weighted by atomic mass is 79.9. The third kappa shape index (κ3) is 26.1. The second-order valence-corrected chi connectivity index (χ2v) is 20.4. The molecule has 0 aliphatic heterocycles. The number of aromatic nitrogens is 2. The van der Waals surface area contributed by atoms with E-state index in [1.54, 1.807) is 6.20 Å². The van der Waals surface area contributed by atoms with E-state index in [4.69, 9.17) is 30.3 Å². The van der Waals surface area contributed by atoms with Crippen molar-refractivity contribution in [2.24, 2.45) is 5.14 Å². The number of anilines is 1. The van der Waals surface area contributed by atoms with E-state index in [1.807, 2.05) is 54.7 Å². The molecule has 1 atom stereocenters. The number of halogens is 14. The van der Waals surface area contributed by atoms with Gasteiger partial charge in [0.05, 0.1) is 34.8 Å². The number of nitrogen functional groups attached to an aromatic ring is 1. The first-order valence-corrected chi connectivity index (χ1v) is 25.6. The van der Waals surface area contributed by atoms with Crippen molar-refractivity contribution in [3.8, 4) is 17.2 Å². The number of para-hydroxylation sites is 2. The van der Waals surface area contributed by atoms with E-state index in [9.17, 15) is 56.3 Å². The third-order valence-corrected chi connectivity index (χ3v) is 11.5. The molecule has 0 aliphatic carbocycles. The zero-order chi connectivity index (χ0) is 54.0. The average molecular weight is 1300 g/mol. The van der Waals surface area contributed by atoms with Crippen LogP contribution in [-0.4, -0.2) is 54.7 Å². The quantitative estimate of drug-likeness (QED) is 0.0899. The number of hydrogen-bond donors (Lipinski definition) is 2. The Morgan fingerprint density at radius 3 is 1.42 bits per heavy atom. The van der Waals surface area contributed by atoms with Gasteiger partial charge in [0.15, 0.2) is 0 Å². The summed E-state index contributed by atoms with van der Waals surface area (Å²) in [6.07, 6.45) is -11.0. The summed E-state index contributed by atoms with van der Waals surface area (Å²) in [4.78, 5) is 6.95. The minimum atomic E-state index is -4.98. The Morgan fingerprint density at radius 1 is 0.606 bits per heavy atom. The number of nitrogens with zero attached hydrogens (tertiary/aromatic N) is 2. The van der Waals surface area contributed by atoms with Gasteiger partial charge in [0.1, 0.15) is 38.4 Å². The van der Waals surface area contributed by atoms with Gasteiger partial charge in [-0.1, -0.05) is 84.2 Å². The molecule has 386 valence electrons. The molecule has 5 aromatic carbocycles. The molecule has 2 heterocycles. The van der Waals surface area contributed by atoms with Crippen LogP contribution in [0, 0.1) is 6.92 Å². The van der Waals surface area contributed by atoms with Crippen LogP contribution in [0.1, 0.15) is 5.56 Å². The first kappa shape index (κ1) is 62.6. The maximum atomic E-state index is 11.9. The highest BCUT2D eigenvalue weighted by Crippen LogP contribution is 2.34. The molecule has 7 rings (SSSR count). The van der Waals surface area contributed by atoms with Gasteiger partial charge in [0.2, 0.25) is 10.0 Å². The van der Waals surface area contributed by atoms with Gasteiger partial charge in [0.25, 0.3) is 9.05 Å². The van der Waals surface area contributed by atoms with Gasteiger partial charge >= 0.3 is 19.1 Å². The molecule has 0 spiro atoms. The minimum Gasteiger partial charge on any atom is -0.749 e. The Bertz CT molecular complexity index is 2930. The summed E-state index contributed by atoms with van der Waals surface area (Å²) in [5, 5.41) is 7.05. The summed E-state index contributed by atoms with van der Waals surface area (Å²) in [6, 6.07) is 31.5. The number of aryl methyl sites for hydroxylation is 1. The molecule has 0 aliphatic rings. The van der Waals surface area contributed by atoms with Crippen LogP contribution in [0.15, 0.2) is 157 Å². The van der Waals surface area contributed by atoms with Crippen LogP contribution in [-0.2, 0) is 34.2 Å². The van der Waals surface area contributed by atoms with E-state index >= 15 is 0 Å². The van der Waals surface area contributed by atoms with Gasteiger partial charge in [-0.05, 0) is 97.4 Å². The second-order valence-electron chi connectivity index (χ2n) is 12.7. The number of ether oxygens (including phenoxy) is 3. The van der Waals surface area contributed by atoms with Crippen LogP contribution in [0.25, 0.3) is 21.8 Å². The van der Waals surface area contributed by atoms with Crippen LogP contribution in [0.5, 0.6) is 17.2 Å². The largest absolute Gasteiger partial charge is 0.749 e. The molecule has 71 heavy (non-hydrogen) atoms. The number of hydrogen-bond acceptors (Lipinski definition) is 13. The summed E-state index contributed by atoms with van der Waals surface area (Å²) < 4.78 is 184. The van der Waals surface area contributed by atoms with E-state index in [2.05, 4.69) is 107 Å². The molecule has 0 radical (unpaired) electrons. The SMILES string of the molecule is Cc1cnc2ccccc2c1.FC(F)(F)Oc1ccc(Br)cc1.NS(=O)(=O)c1cc(Br)ccc1OC(F)(F)F.Nc1cnc2ccccc2c1.O=S(=O)(Cl)c1cc(Br)ccc1OC(F)(F)F.O=S([O-])OCl. The van der Waals surface area contributed by atoms with E-state index in [0.29, 0.717) is 10.2 Å². The maximum Gasteiger partial charge on any atom is 0.573 e. The Hall–Kier alpha value is -4.56. The van der Waals surface area contributed by atoms with E-state index < -0.39 is 70.8 Å². The molecule has 4 N–H and O–H groups in total. The second kappa shape index (κ2) is 28.0. The summed E-state index contributed by atoms with van der Waals surface area (Å²) in [5.74, 6) is -1.95. The number of benzene rings is 5. The first-order chi connectivity index (χ1) is 32.7. The topological polar surface area (TPSA) is 223 Å². The lowest BCUT2D eigenvalue weighted by Gasteiger charge is -2.12. The number of alkyl halides is 9. The molecular formula is C40H29Br3Cl2F9N4O10S3-. The Morgan fingerprint density at radius 2 is 1.00 bits per heavy atom. The molecule has 0 fully saturated rings. The molecule has 0 saturated heterocycles. The van der Waals surface area contributed by atoms with Crippen molar-refractivity contribution >= 4 is 128 Å². The summed E-state index contributed by atoms with van der Waals surface area (Å²) >= 11 is 10.6. The Kier molecular flexibility index (Phi) is 24.7. The highest BCUT2D eigenvalue weighted by molar-refractivity contribution is 9.11. The van der Waals surface area contributed by atoms with Crippen molar-refractivity contribution in [1.29, 1.82) is 0 Å². The van der Waals surface area contributed by atoms with Crippen LogP contribution in [0.4, 0.5) is 45.2 Å². The number of nitrogens with two attached hydrogens (primary N) is 2. The number of pyridine rings is 2. The summed E-state index contributed by atoms with van der Waals surface area (Å²) in [7, 11) is -3.63. The maximum absolute atomic E-state index is 11.9. The molecule has 0 bridgehead atoms. The zero-order valence-corrected chi connectivity index (χ0v) is 43.6. The molecule has 31 heteroatoms.